The lowest BCUT2D eigenvalue weighted by Crippen LogP contribution is -2.46. The molecule has 0 aliphatic carbocycles. The number of anilines is 1. The molecule has 0 bridgehead atoms. The quantitative estimate of drug-likeness (QED) is 0.929. The predicted molar refractivity (Wildman–Crippen MR) is 89.2 cm³/mol. The van der Waals surface area contributed by atoms with Gasteiger partial charge < -0.3 is 14.7 Å². The summed E-state index contributed by atoms with van der Waals surface area (Å²) in [5.74, 6) is 0. The Bertz CT molecular complexity index is 484. The smallest absolute Gasteiger partial charge is 0.0726 e. The summed E-state index contributed by atoms with van der Waals surface area (Å²) in [4.78, 5) is 4.83. The lowest BCUT2D eigenvalue weighted by Gasteiger charge is -2.38. The van der Waals surface area contributed by atoms with Crippen LogP contribution in [-0.2, 0) is 11.3 Å². The molecule has 22 heavy (non-hydrogen) atoms. The monoisotopic (exact) mass is 304 g/mol. The predicted octanol–water partition coefficient (Wildman–Crippen LogP) is 2.26. The molecule has 0 spiro atoms. The van der Waals surface area contributed by atoms with Crippen LogP contribution in [0.15, 0.2) is 24.3 Å². The minimum Gasteiger partial charge on any atom is -0.392 e. The van der Waals surface area contributed by atoms with Gasteiger partial charge in [0.15, 0.2) is 0 Å². The van der Waals surface area contributed by atoms with E-state index in [1.807, 2.05) is 0 Å². The van der Waals surface area contributed by atoms with Gasteiger partial charge in [0.2, 0.25) is 0 Å². The van der Waals surface area contributed by atoms with Gasteiger partial charge in [-0.2, -0.15) is 0 Å². The topological polar surface area (TPSA) is 35.9 Å². The van der Waals surface area contributed by atoms with Gasteiger partial charge in [-0.05, 0) is 44.9 Å². The van der Waals surface area contributed by atoms with E-state index in [1.165, 1.54) is 11.3 Å². The summed E-state index contributed by atoms with van der Waals surface area (Å²) in [6, 6.07) is 8.68. The molecule has 122 valence electrons. The number of hydrogen-bond acceptors (Lipinski definition) is 4. The molecule has 2 saturated heterocycles. The van der Waals surface area contributed by atoms with Crippen LogP contribution in [0, 0.1) is 0 Å². The Morgan fingerprint density at radius 2 is 1.86 bits per heavy atom. The molecule has 2 aliphatic heterocycles. The van der Waals surface area contributed by atoms with E-state index < -0.39 is 0 Å². The first kappa shape index (κ1) is 15.8. The normalized spacial score (nSPS) is 30.5. The molecule has 2 heterocycles. The van der Waals surface area contributed by atoms with Gasteiger partial charge in [0, 0.05) is 31.9 Å². The van der Waals surface area contributed by atoms with Gasteiger partial charge in [-0.3, -0.25) is 4.90 Å². The average molecular weight is 304 g/mol. The molecule has 1 aromatic rings. The first-order valence-corrected chi connectivity index (χ1v) is 8.50. The molecule has 3 unspecified atom stereocenters. The van der Waals surface area contributed by atoms with Gasteiger partial charge in [-0.15, -0.1) is 0 Å². The molecular formula is C18H28N2O2. The number of likely N-dealkylation sites (tertiary alicyclic amines) is 1. The third-order valence-corrected chi connectivity index (χ3v) is 4.63. The van der Waals surface area contributed by atoms with E-state index in [9.17, 15) is 5.11 Å². The van der Waals surface area contributed by atoms with Crippen molar-refractivity contribution in [3.05, 3.63) is 29.8 Å². The molecule has 4 heteroatoms. The average Bonchev–Trinajstić information content (AvgIpc) is 2.47. The van der Waals surface area contributed by atoms with Crippen molar-refractivity contribution in [2.45, 2.75) is 51.5 Å². The molecule has 1 N–H and O–H groups in total. The minimum absolute atomic E-state index is 0.163. The Morgan fingerprint density at radius 1 is 1.14 bits per heavy atom. The summed E-state index contributed by atoms with van der Waals surface area (Å²) in [6.45, 7) is 8.99. The van der Waals surface area contributed by atoms with E-state index in [0.717, 1.165) is 45.6 Å². The van der Waals surface area contributed by atoms with E-state index in [2.05, 4.69) is 47.9 Å². The summed E-state index contributed by atoms with van der Waals surface area (Å²) in [6.07, 6.45) is 2.41. The summed E-state index contributed by atoms with van der Waals surface area (Å²) in [7, 11) is 0. The maximum Gasteiger partial charge on any atom is 0.0726 e. The fourth-order valence-electron chi connectivity index (χ4n) is 3.74. The zero-order valence-corrected chi connectivity index (χ0v) is 13.7. The molecular weight excluding hydrogens is 276 g/mol. The molecule has 0 amide bonds. The van der Waals surface area contributed by atoms with Crippen molar-refractivity contribution in [2.75, 3.05) is 31.1 Å². The highest BCUT2D eigenvalue weighted by Gasteiger charge is 2.25. The summed E-state index contributed by atoms with van der Waals surface area (Å²) in [5, 5.41) is 9.88. The second-order valence-corrected chi connectivity index (χ2v) is 6.82. The number of para-hydroxylation sites is 1. The van der Waals surface area contributed by atoms with Gasteiger partial charge in [0.05, 0.1) is 18.3 Å². The van der Waals surface area contributed by atoms with Crippen molar-refractivity contribution < 1.29 is 9.84 Å². The van der Waals surface area contributed by atoms with Crippen molar-refractivity contribution in [1.29, 1.82) is 0 Å². The lowest BCUT2D eigenvalue weighted by atomic mass is 10.1. The van der Waals surface area contributed by atoms with Gasteiger partial charge in [-0.1, -0.05) is 18.2 Å². The molecule has 0 radical (unpaired) electrons. The molecule has 2 aliphatic rings. The van der Waals surface area contributed by atoms with E-state index >= 15 is 0 Å². The zero-order chi connectivity index (χ0) is 15.5. The van der Waals surface area contributed by atoms with Gasteiger partial charge >= 0.3 is 0 Å². The number of aliphatic hydroxyl groups excluding tert-OH is 1. The number of aliphatic hydroxyl groups is 1. The fourth-order valence-corrected chi connectivity index (χ4v) is 3.74. The summed E-state index contributed by atoms with van der Waals surface area (Å²) >= 11 is 0. The number of β-amino-alcohol motifs (C(OH)–C–C–N with tert-alkyl or cyclic N) is 1. The van der Waals surface area contributed by atoms with E-state index in [0.29, 0.717) is 0 Å². The second kappa shape index (κ2) is 6.99. The number of hydrogen-bond donors (Lipinski definition) is 1. The SMILES string of the molecule is CC1CN(c2ccccc2CN2CCCC(O)C2)CC(C)O1. The maximum atomic E-state index is 9.88. The van der Waals surface area contributed by atoms with Crippen molar-refractivity contribution in [1.82, 2.24) is 4.90 Å². The summed E-state index contributed by atoms with van der Waals surface area (Å²) in [5.41, 5.74) is 2.68. The maximum absolute atomic E-state index is 9.88. The highest BCUT2D eigenvalue weighted by molar-refractivity contribution is 5.54. The number of rotatable bonds is 3. The highest BCUT2D eigenvalue weighted by atomic mass is 16.5. The zero-order valence-electron chi connectivity index (χ0n) is 13.7. The molecule has 3 atom stereocenters. The lowest BCUT2D eigenvalue weighted by molar-refractivity contribution is -0.00531. The molecule has 0 saturated carbocycles. The van der Waals surface area contributed by atoms with Gasteiger partial charge in [0.1, 0.15) is 0 Å². The first-order valence-electron chi connectivity index (χ1n) is 8.50. The van der Waals surface area contributed by atoms with Crippen LogP contribution in [0.3, 0.4) is 0 Å². The Morgan fingerprint density at radius 3 is 2.59 bits per heavy atom. The molecule has 1 aromatic carbocycles. The van der Waals surface area contributed by atoms with Crippen molar-refractivity contribution in [3.8, 4) is 0 Å². The second-order valence-electron chi connectivity index (χ2n) is 6.82. The Balaban J connectivity index is 1.74. The number of morpholine rings is 1. The van der Waals surface area contributed by atoms with Crippen LogP contribution in [-0.4, -0.2) is 54.5 Å². The van der Waals surface area contributed by atoms with E-state index in [4.69, 9.17) is 4.74 Å². The van der Waals surface area contributed by atoms with Crippen LogP contribution in [0.5, 0.6) is 0 Å². The Hall–Kier alpha value is -1.10. The van der Waals surface area contributed by atoms with Crippen LogP contribution in [0.4, 0.5) is 5.69 Å². The van der Waals surface area contributed by atoms with E-state index in [1.54, 1.807) is 0 Å². The number of nitrogens with zero attached hydrogens (tertiary/aromatic N) is 2. The largest absolute Gasteiger partial charge is 0.392 e. The standard InChI is InChI=1S/C18H28N2O2/c1-14-10-20(11-15(2)22-14)18-8-4-3-6-16(18)12-19-9-5-7-17(21)13-19/h3-4,6,8,14-15,17,21H,5,7,9-13H2,1-2H3. The Kier molecular flexibility index (Phi) is 5.01. The van der Waals surface area contributed by atoms with Crippen molar-refractivity contribution in [2.24, 2.45) is 0 Å². The fraction of sp³-hybridized carbons (Fsp3) is 0.667. The van der Waals surface area contributed by atoms with Crippen LogP contribution >= 0.6 is 0 Å². The third-order valence-electron chi connectivity index (χ3n) is 4.63. The number of benzene rings is 1. The first-order chi connectivity index (χ1) is 10.6. The molecule has 2 fully saturated rings. The molecule has 3 rings (SSSR count). The van der Waals surface area contributed by atoms with Crippen LogP contribution in [0.25, 0.3) is 0 Å². The van der Waals surface area contributed by atoms with Gasteiger partial charge in [-0.25, -0.2) is 0 Å². The summed E-state index contributed by atoms with van der Waals surface area (Å²) < 4.78 is 5.86. The van der Waals surface area contributed by atoms with Gasteiger partial charge in [0.25, 0.3) is 0 Å². The van der Waals surface area contributed by atoms with Crippen molar-refractivity contribution >= 4 is 5.69 Å². The minimum atomic E-state index is -0.163. The number of ether oxygens (including phenoxy) is 1. The third kappa shape index (κ3) is 3.80. The van der Waals surface area contributed by atoms with Crippen LogP contribution in [0.1, 0.15) is 32.3 Å². The van der Waals surface area contributed by atoms with Crippen LogP contribution in [0.2, 0.25) is 0 Å². The highest BCUT2D eigenvalue weighted by Crippen LogP contribution is 2.26. The molecule has 4 nitrogen and oxygen atoms in total. The van der Waals surface area contributed by atoms with E-state index in [-0.39, 0.29) is 18.3 Å². The number of piperidine rings is 1. The van der Waals surface area contributed by atoms with Crippen molar-refractivity contribution in [3.63, 3.8) is 0 Å². The van der Waals surface area contributed by atoms with Crippen LogP contribution < -0.4 is 4.90 Å². The Labute approximate surface area is 133 Å². The molecule has 0 aromatic heterocycles.